The quantitative estimate of drug-likeness (QED) is 0.697. The fourth-order valence-electron chi connectivity index (χ4n) is 2.46. The van der Waals surface area contributed by atoms with Gasteiger partial charge in [-0.1, -0.05) is 34.9 Å². The molecule has 0 spiro atoms. The third-order valence-electron chi connectivity index (χ3n) is 3.73. The molecule has 3 rings (SSSR count). The van der Waals surface area contributed by atoms with Gasteiger partial charge in [-0.05, 0) is 40.8 Å². The average molecular weight is 411 g/mol. The maximum absolute atomic E-state index is 12.9. The zero-order valence-corrected chi connectivity index (χ0v) is 15.2. The first-order valence-corrected chi connectivity index (χ1v) is 8.35. The molecule has 28 heavy (non-hydrogen) atoms. The van der Waals surface area contributed by atoms with Crippen molar-refractivity contribution in [2.45, 2.75) is 6.18 Å². The summed E-state index contributed by atoms with van der Waals surface area (Å²) in [4.78, 5) is 13.7. The Hall–Kier alpha value is -3.14. The molecule has 11 heteroatoms. The van der Waals surface area contributed by atoms with Gasteiger partial charge >= 0.3 is 6.18 Å². The summed E-state index contributed by atoms with van der Waals surface area (Å²) in [5.74, 6) is -0.242. The normalized spacial score (nSPS) is 11.3. The van der Waals surface area contributed by atoms with E-state index in [9.17, 15) is 18.0 Å². The van der Waals surface area contributed by atoms with Crippen LogP contribution >= 0.6 is 11.6 Å². The third kappa shape index (κ3) is 4.39. The number of aromatic nitrogens is 4. The maximum Gasteiger partial charge on any atom is 0.417 e. The summed E-state index contributed by atoms with van der Waals surface area (Å²) in [6.07, 6.45) is -4.62. The minimum Gasteiger partial charge on any atom is -0.333 e. The first-order chi connectivity index (χ1) is 13.3. The smallest absolute Gasteiger partial charge is 0.333 e. The number of hydrogen-bond acceptors (Lipinski definition) is 5. The Labute approximate surface area is 162 Å². The molecule has 7 nitrogen and oxygen atoms in total. The highest BCUT2D eigenvalue weighted by molar-refractivity contribution is 6.31. The molecule has 0 aliphatic heterocycles. The molecule has 146 valence electrons. The molecule has 0 saturated carbocycles. The van der Waals surface area contributed by atoms with E-state index < -0.39 is 22.7 Å². The Kier molecular flexibility index (Phi) is 5.50. The van der Waals surface area contributed by atoms with Gasteiger partial charge in [-0.2, -0.15) is 17.9 Å². The lowest BCUT2D eigenvalue weighted by atomic mass is 10.2. The monoisotopic (exact) mass is 410 g/mol. The highest BCUT2D eigenvalue weighted by atomic mass is 35.5. The average Bonchev–Trinajstić information content (AvgIpc) is 3.13. The van der Waals surface area contributed by atoms with Crippen molar-refractivity contribution in [1.29, 1.82) is 0 Å². The van der Waals surface area contributed by atoms with Crippen molar-refractivity contribution in [2.75, 3.05) is 23.8 Å². The van der Waals surface area contributed by atoms with E-state index in [2.05, 4.69) is 20.8 Å². The summed E-state index contributed by atoms with van der Waals surface area (Å²) < 4.78 is 40.3. The number of halogens is 4. The molecule has 0 bridgehead atoms. The number of amides is 1. The van der Waals surface area contributed by atoms with Crippen LogP contribution in [0.5, 0.6) is 0 Å². The van der Waals surface area contributed by atoms with Gasteiger partial charge in [-0.15, -0.1) is 0 Å². The van der Waals surface area contributed by atoms with Crippen molar-refractivity contribution in [2.24, 2.45) is 0 Å². The number of para-hydroxylation sites is 1. The van der Waals surface area contributed by atoms with Gasteiger partial charge in [0.15, 0.2) is 0 Å². The third-order valence-corrected chi connectivity index (χ3v) is 4.06. The number of rotatable bonds is 5. The van der Waals surface area contributed by atoms with E-state index in [1.165, 1.54) is 15.6 Å². The lowest BCUT2D eigenvalue weighted by molar-refractivity contribution is -0.137. The second-order valence-corrected chi connectivity index (χ2v) is 6.23. The van der Waals surface area contributed by atoms with Crippen molar-refractivity contribution in [3.05, 3.63) is 59.1 Å². The zero-order valence-electron chi connectivity index (χ0n) is 14.5. The fraction of sp³-hybridized carbons (Fsp3) is 0.176. The molecule has 0 fully saturated rings. The summed E-state index contributed by atoms with van der Waals surface area (Å²) in [6, 6.07) is 12.2. The van der Waals surface area contributed by atoms with E-state index >= 15 is 0 Å². The van der Waals surface area contributed by atoms with Crippen LogP contribution in [0.4, 0.5) is 24.8 Å². The van der Waals surface area contributed by atoms with Crippen LogP contribution < -0.4 is 10.2 Å². The maximum atomic E-state index is 12.9. The molecule has 0 atom stereocenters. The molecule has 3 aromatic rings. The van der Waals surface area contributed by atoms with Crippen LogP contribution in [-0.4, -0.2) is 39.7 Å². The molecule has 0 aliphatic rings. The number of alkyl halides is 3. The predicted octanol–water partition coefficient (Wildman–Crippen LogP) is 3.41. The second-order valence-electron chi connectivity index (χ2n) is 5.82. The summed E-state index contributed by atoms with van der Waals surface area (Å²) in [6.45, 7) is -0.183. The molecule has 1 N–H and O–H groups in total. The Morgan fingerprint density at radius 1 is 1.21 bits per heavy atom. The molecule has 0 unspecified atom stereocenters. The van der Waals surface area contributed by atoms with Gasteiger partial charge in [0.05, 0.1) is 22.8 Å². The van der Waals surface area contributed by atoms with E-state index in [0.717, 1.165) is 12.1 Å². The van der Waals surface area contributed by atoms with Crippen LogP contribution in [0.3, 0.4) is 0 Å². The summed E-state index contributed by atoms with van der Waals surface area (Å²) in [5.41, 5.74) is -0.339. The van der Waals surface area contributed by atoms with Gasteiger partial charge in [0.25, 0.3) is 5.95 Å². The Morgan fingerprint density at radius 2 is 1.93 bits per heavy atom. The minimum absolute atomic E-state index is 0.0159. The van der Waals surface area contributed by atoms with Gasteiger partial charge in [-0.3, -0.25) is 4.79 Å². The van der Waals surface area contributed by atoms with Gasteiger partial charge in [0.1, 0.15) is 0 Å². The molecule has 0 aliphatic carbocycles. The molecule has 0 saturated heterocycles. The molecule has 0 radical (unpaired) electrons. The van der Waals surface area contributed by atoms with Crippen LogP contribution in [0.25, 0.3) is 5.69 Å². The van der Waals surface area contributed by atoms with Gasteiger partial charge in [0.2, 0.25) is 5.91 Å². The molecular weight excluding hydrogens is 397 g/mol. The number of hydrogen-bond donors (Lipinski definition) is 1. The minimum atomic E-state index is -4.62. The summed E-state index contributed by atoms with van der Waals surface area (Å²) in [7, 11) is 1.59. The van der Waals surface area contributed by atoms with Crippen LogP contribution in [0.1, 0.15) is 5.56 Å². The fourth-order valence-corrected chi connectivity index (χ4v) is 2.69. The summed E-state index contributed by atoms with van der Waals surface area (Å²) >= 11 is 5.58. The predicted molar refractivity (Wildman–Crippen MR) is 97.5 cm³/mol. The van der Waals surface area contributed by atoms with Gasteiger partial charge < -0.3 is 10.2 Å². The number of anilines is 2. The molecule has 1 amide bonds. The van der Waals surface area contributed by atoms with Crippen LogP contribution in [-0.2, 0) is 11.0 Å². The van der Waals surface area contributed by atoms with E-state index in [1.807, 2.05) is 18.2 Å². The van der Waals surface area contributed by atoms with Crippen LogP contribution in [0.15, 0.2) is 48.5 Å². The standard InChI is InChI=1S/C17H14ClF3N6O/c1-26(16-23-24-25-27(16)12-5-3-2-4-6-12)10-15(28)22-11-7-8-14(18)13(9-11)17(19,20)21/h2-9H,10H2,1H3,(H,22,28). The lowest BCUT2D eigenvalue weighted by Crippen LogP contribution is -2.32. The van der Waals surface area contributed by atoms with Crippen molar-refractivity contribution >= 4 is 29.1 Å². The molecular formula is C17H14ClF3N6O. The first kappa shape index (κ1) is 19.6. The Balaban J connectivity index is 1.72. The van der Waals surface area contributed by atoms with E-state index in [-0.39, 0.29) is 12.2 Å². The molecule has 1 heterocycles. The highest BCUT2D eigenvalue weighted by Gasteiger charge is 2.33. The molecule has 1 aromatic heterocycles. The van der Waals surface area contributed by atoms with Crippen molar-refractivity contribution in [3.8, 4) is 5.69 Å². The number of carbonyl (C=O) groups excluding carboxylic acids is 1. The van der Waals surface area contributed by atoms with E-state index in [1.54, 1.807) is 19.2 Å². The Morgan fingerprint density at radius 3 is 2.61 bits per heavy atom. The number of nitrogens with zero attached hydrogens (tertiary/aromatic N) is 5. The summed E-state index contributed by atoms with van der Waals surface area (Å²) in [5, 5.41) is 13.4. The zero-order chi connectivity index (χ0) is 20.3. The SMILES string of the molecule is CN(CC(=O)Nc1ccc(Cl)c(C(F)(F)F)c1)c1nnnn1-c1ccccc1. The number of benzene rings is 2. The second kappa shape index (κ2) is 7.85. The number of nitrogens with one attached hydrogen (secondary N) is 1. The van der Waals surface area contributed by atoms with E-state index in [0.29, 0.717) is 11.6 Å². The number of likely N-dealkylation sites (N-methyl/N-ethyl adjacent to an activating group) is 1. The molecule has 2 aromatic carbocycles. The van der Waals surface area contributed by atoms with E-state index in [4.69, 9.17) is 11.6 Å². The van der Waals surface area contributed by atoms with Crippen LogP contribution in [0, 0.1) is 0 Å². The van der Waals surface area contributed by atoms with Gasteiger partial charge in [0, 0.05) is 12.7 Å². The van der Waals surface area contributed by atoms with Crippen molar-refractivity contribution < 1.29 is 18.0 Å². The largest absolute Gasteiger partial charge is 0.417 e. The van der Waals surface area contributed by atoms with Gasteiger partial charge in [-0.25, -0.2) is 0 Å². The van der Waals surface area contributed by atoms with Crippen molar-refractivity contribution in [3.63, 3.8) is 0 Å². The number of carbonyl (C=O) groups is 1. The topological polar surface area (TPSA) is 75.9 Å². The lowest BCUT2D eigenvalue weighted by Gasteiger charge is -2.18. The van der Waals surface area contributed by atoms with Crippen LogP contribution in [0.2, 0.25) is 5.02 Å². The highest BCUT2D eigenvalue weighted by Crippen LogP contribution is 2.36. The van der Waals surface area contributed by atoms with Crippen molar-refractivity contribution in [1.82, 2.24) is 20.2 Å². The first-order valence-electron chi connectivity index (χ1n) is 7.97. The Bertz CT molecular complexity index is 977. The number of tetrazole rings is 1.